The molecular formula is C22H22FN3O2. The maximum Gasteiger partial charge on any atom is 0.274 e. The van der Waals surface area contributed by atoms with E-state index in [2.05, 4.69) is 5.10 Å². The second-order valence-corrected chi connectivity index (χ2v) is 6.99. The van der Waals surface area contributed by atoms with E-state index < -0.39 is 0 Å². The van der Waals surface area contributed by atoms with Gasteiger partial charge in [-0.2, -0.15) is 5.10 Å². The summed E-state index contributed by atoms with van der Waals surface area (Å²) >= 11 is 0. The molecule has 1 amide bonds. The van der Waals surface area contributed by atoms with E-state index in [4.69, 9.17) is 4.74 Å². The Morgan fingerprint density at radius 1 is 1.18 bits per heavy atom. The van der Waals surface area contributed by atoms with Crippen LogP contribution in [0.5, 0.6) is 5.75 Å². The van der Waals surface area contributed by atoms with Crippen LogP contribution in [0.2, 0.25) is 0 Å². The average molecular weight is 379 g/mol. The molecule has 1 aliphatic rings. The number of halogens is 1. The van der Waals surface area contributed by atoms with Crippen molar-refractivity contribution in [3.8, 4) is 11.4 Å². The van der Waals surface area contributed by atoms with Crippen molar-refractivity contribution in [1.29, 1.82) is 0 Å². The lowest BCUT2D eigenvalue weighted by molar-refractivity contribution is 0.0777. The van der Waals surface area contributed by atoms with Gasteiger partial charge >= 0.3 is 0 Å². The molecule has 2 aromatic carbocycles. The van der Waals surface area contributed by atoms with E-state index in [0.29, 0.717) is 12.2 Å². The van der Waals surface area contributed by atoms with Crippen LogP contribution in [-0.4, -0.2) is 34.7 Å². The van der Waals surface area contributed by atoms with Crippen molar-refractivity contribution in [2.45, 2.75) is 25.8 Å². The Kier molecular flexibility index (Phi) is 4.86. The van der Waals surface area contributed by atoms with Gasteiger partial charge in [0.15, 0.2) is 5.69 Å². The highest BCUT2D eigenvalue weighted by Crippen LogP contribution is 2.29. The standard InChI is InChI=1S/C22H22FN3O2/c1-25(14-15-6-3-4-9-20(15)28-2)22(27)21-18-7-5-8-19(18)26(24-21)17-12-10-16(23)11-13-17/h3-4,6,9-13H,5,7-8,14H2,1-2H3. The molecule has 0 atom stereocenters. The lowest BCUT2D eigenvalue weighted by Gasteiger charge is -2.18. The third-order valence-corrected chi connectivity index (χ3v) is 5.15. The van der Waals surface area contributed by atoms with E-state index in [0.717, 1.165) is 47.5 Å². The van der Waals surface area contributed by atoms with Crippen LogP contribution in [0.15, 0.2) is 48.5 Å². The minimum atomic E-state index is -0.291. The van der Waals surface area contributed by atoms with Gasteiger partial charge in [0.05, 0.1) is 12.8 Å². The van der Waals surface area contributed by atoms with Crippen LogP contribution in [0.3, 0.4) is 0 Å². The summed E-state index contributed by atoms with van der Waals surface area (Å²) in [5.74, 6) is 0.342. The molecule has 0 saturated carbocycles. The maximum absolute atomic E-state index is 13.3. The number of carbonyl (C=O) groups excluding carboxylic acids is 1. The molecule has 0 radical (unpaired) electrons. The smallest absolute Gasteiger partial charge is 0.274 e. The Morgan fingerprint density at radius 3 is 2.68 bits per heavy atom. The molecular weight excluding hydrogens is 357 g/mol. The second-order valence-electron chi connectivity index (χ2n) is 6.99. The molecule has 0 fully saturated rings. The summed E-state index contributed by atoms with van der Waals surface area (Å²) in [6.07, 6.45) is 2.69. The predicted octanol–water partition coefficient (Wildman–Crippen LogP) is 3.78. The number of benzene rings is 2. The first-order valence-electron chi connectivity index (χ1n) is 9.32. The Bertz CT molecular complexity index is 1010. The van der Waals surface area contributed by atoms with Crippen molar-refractivity contribution < 1.29 is 13.9 Å². The van der Waals surface area contributed by atoms with Gasteiger partial charge in [0.25, 0.3) is 5.91 Å². The number of carbonyl (C=O) groups is 1. The van der Waals surface area contributed by atoms with Crippen LogP contribution in [0.25, 0.3) is 5.69 Å². The molecule has 28 heavy (non-hydrogen) atoms. The largest absolute Gasteiger partial charge is 0.496 e. The van der Waals surface area contributed by atoms with Crippen molar-refractivity contribution in [1.82, 2.24) is 14.7 Å². The van der Waals surface area contributed by atoms with Crippen LogP contribution in [0.1, 0.15) is 33.7 Å². The first-order chi connectivity index (χ1) is 13.6. The lowest BCUT2D eigenvalue weighted by atomic mass is 10.1. The van der Waals surface area contributed by atoms with E-state index >= 15 is 0 Å². The molecule has 0 N–H and O–H groups in total. The first kappa shape index (κ1) is 18.2. The number of hydrogen-bond acceptors (Lipinski definition) is 3. The normalized spacial score (nSPS) is 12.7. The number of aromatic nitrogens is 2. The number of nitrogens with zero attached hydrogens (tertiary/aromatic N) is 3. The summed E-state index contributed by atoms with van der Waals surface area (Å²) in [5, 5.41) is 4.61. The zero-order chi connectivity index (χ0) is 19.7. The number of ether oxygens (including phenoxy) is 1. The number of methoxy groups -OCH3 is 1. The number of amides is 1. The fourth-order valence-electron chi connectivity index (χ4n) is 3.75. The van der Waals surface area contributed by atoms with Gasteiger partial charge in [-0.25, -0.2) is 9.07 Å². The molecule has 1 heterocycles. The van der Waals surface area contributed by atoms with Crippen LogP contribution in [0.4, 0.5) is 4.39 Å². The molecule has 0 aliphatic heterocycles. The molecule has 3 aromatic rings. The maximum atomic E-state index is 13.3. The van der Waals surface area contributed by atoms with Gasteiger partial charge in [-0.15, -0.1) is 0 Å². The van der Waals surface area contributed by atoms with E-state index in [-0.39, 0.29) is 11.7 Å². The highest BCUT2D eigenvalue weighted by Gasteiger charge is 2.28. The minimum absolute atomic E-state index is 0.120. The van der Waals surface area contributed by atoms with Gasteiger partial charge in [-0.05, 0) is 49.6 Å². The number of rotatable bonds is 5. The van der Waals surface area contributed by atoms with Crippen molar-refractivity contribution in [2.24, 2.45) is 0 Å². The highest BCUT2D eigenvalue weighted by atomic mass is 19.1. The molecule has 0 saturated heterocycles. The fourth-order valence-corrected chi connectivity index (χ4v) is 3.75. The Hall–Kier alpha value is -3.15. The van der Waals surface area contributed by atoms with Gasteiger partial charge in [0, 0.05) is 30.4 Å². The summed E-state index contributed by atoms with van der Waals surface area (Å²) in [6, 6.07) is 13.9. The fraction of sp³-hybridized carbons (Fsp3) is 0.273. The van der Waals surface area contributed by atoms with Gasteiger partial charge < -0.3 is 9.64 Å². The first-order valence-corrected chi connectivity index (χ1v) is 9.32. The van der Waals surface area contributed by atoms with Crippen LogP contribution >= 0.6 is 0 Å². The van der Waals surface area contributed by atoms with E-state index in [1.54, 1.807) is 35.9 Å². The molecule has 144 valence electrons. The summed E-state index contributed by atoms with van der Waals surface area (Å²) in [5.41, 5.74) is 4.23. The summed E-state index contributed by atoms with van der Waals surface area (Å²) < 4.78 is 20.5. The molecule has 5 nitrogen and oxygen atoms in total. The van der Waals surface area contributed by atoms with Gasteiger partial charge in [-0.3, -0.25) is 4.79 Å². The molecule has 0 bridgehead atoms. The predicted molar refractivity (Wildman–Crippen MR) is 104 cm³/mol. The Morgan fingerprint density at radius 2 is 1.93 bits per heavy atom. The molecule has 6 heteroatoms. The highest BCUT2D eigenvalue weighted by molar-refractivity contribution is 5.94. The van der Waals surface area contributed by atoms with Crippen molar-refractivity contribution in [3.05, 3.63) is 76.9 Å². The minimum Gasteiger partial charge on any atom is -0.496 e. The topological polar surface area (TPSA) is 47.4 Å². The lowest BCUT2D eigenvalue weighted by Crippen LogP contribution is -2.27. The molecule has 1 aromatic heterocycles. The molecule has 0 unspecified atom stereocenters. The van der Waals surface area contributed by atoms with Crippen molar-refractivity contribution >= 4 is 5.91 Å². The zero-order valence-corrected chi connectivity index (χ0v) is 16.0. The van der Waals surface area contributed by atoms with Crippen LogP contribution in [0, 0.1) is 5.82 Å². The van der Waals surface area contributed by atoms with Crippen LogP contribution in [-0.2, 0) is 19.4 Å². The number of hydrogen-bond donors (Lipinski definition) is 0. The van der Waals surface area contributed by atoms with Crippen LogP contribution < -0.4 is 4.74 Å². The van der Waals surface area contributed by atoms with E-state index in [1.165, 1.54) is 12.1 Å². The number of fused-ring (bicyclic) bond motifs is 1. The van der Waals surface area contributed by atoms with Crippen molar-refractivity contribution in [2.75, 3.05) is 14.2 Å². The SMILES string of the molecule is COc1ccccc1CN(C)C(=O)c1nn(-c2ccc(F)cc2)c2c1CCC2. The number of para-hydroxylation sites is 1. The van der Waals surface area contributed by atoms with Gasteiger partial charge in [0.2, 0.25) is 0 Å². The van der Waals surface area contributed by atoms with Crippen molar-refractivity contribution in [3.63, 3.8) is 0 Å². The van der Waals surface area contributed by atoms with E-state index in [1.807, 2.05) is 24.3 Å². The summed E-state index contributed by atoms with van der Waals surface area (Å²) in [4.78, 5) is 14.8. The third kappa shape index (κ3) is 3.26. The monoisotopic (exact) mass is 379 g/mol. The molecule has 1 aliphatic carbocycles. The molecule has 4 rings (SSSR count). The zero-order valence-electron chi connectivity index (χ0n) is 16.0. The van der Waals surface area contributed by atoms with E-state index in [9.17, 15) is 9.18 Å². The Labute approximate surface area is 163 Å². The second kappa shape index (κ2) is 7.46. The Balaban J connectivity index is 1.64. The molecule has 0 spiro atoms. The summed E-state index contributed by atoms with van der Waals surface area (Å²) in [6.45, 7) is 0.432. The van der Waals surface area contributed by atoms with Gasteiger partial charge in [0.1, 0.15) is 11.6 Å². The summed E-state index contributed by atoms with van der Waals surface area (Å²) in [7, 11) is 3.39. The average Bonchev–Trinajstić information content (AvgIpc) is 3.31. The quantitative estimate of drug-likeness (QED) is 0.678. The van der Waals surface area contributed by atoms with Gasteiger partial charge in [-0.1, -0.05) is 18.2 Å². The third-order valence-electron chi connectivity index (χ3n) is 5.15.